The van der Waals surface area contributed by atoms with Crippen LogP contribution in [-0.2, 0) is 9.05 Å². The second kappa shape index (κ2) is 6.79. The van der Waals surface area contributed by atoms with Gasteiger partial charge in [-0.25, -0.2) is 8.42 Å². The first-order valence-electron chi connectivity index (χ1n) is 7.22. The highest BCUT2D eigenvalue weighted by atomic mass is 35.7. The van der Waals surface area contributed by atoms with Gasteiger partial charge >= 0.3 is 0 Å². The van der Waals surface area contributed by atoms with Gasteiger partial charge in [-0.2, -0.15) is 0 Å². The van der Waals surface area contributed by atoms with E-state index in [1.807, 2.05) is 0 Å². The summed E-state index contributed by atoms with van der Waals surface area (Å²) in [5.74, 6) is 0.466. The van der Waals surface area contributed by atoms with Crippen LogP contribution in [0.3, 0.4) is 0 Å². The first-order valence-corrected chi connectivity index (χ1v) is 9.53. The molecule has 21 heavy (non-hydrogen) atoms. The van der Waals surface area contributed by atoms with Gasteiger partial charge in [-0.1, -0.05) is 25.8 Å². The molecule has 2 atom stereocenters. The molecule has 0 bridgehead atoms. The number of hydrogen-bond acceptors (Lipinski definition) is 3. The van der Waals surface area contributed by atoms with Gasteiger partial charge in [0.1, 0.15) is 0 Å². The number of nitrogens with one attached hydrogen (secondary N) is 1. The Morgan fingerprint density at radius 1 is 1.24 bits per heavy atom. The highest BCUT2D eigenvalue weighted by molar-refractivity contribution is 8.13. The summed E-state index contributed by atoms with van der Waals surface area (Å²) < 4.78 is 22.6. The summed E-state index contributed by atoms with van der Waals surface area (Å²) in [5.41, 5.74) is 0.328. The van der Waals surface area contributed by atoms with Crippen molar-refractivity contribution in [1.29, 1.82) is 0 Å². The third-order valence-electron chi connectivity index (χ3n) is 3.97. The van der Waals surface area contributed by atoms with E-state index < -0.39 is 9.05 Å². The van der Waals surface area contributed by atoms with Crippen molar-refractivity contribution in [3.8, 4) is 0 Å². The Morgan fingerprint density at radius 3 is 2.71 bits per heavy atom. The van der Waals surface area contributed by atoms with Crippen LogP contribution in [0.4, 0.5) is 0 Å². The first-order chi connectivity index (χ1) is 9.86. The molecule has 1 aromatic carbocycles. The van der Waals surface area contributed by atoms with Gasteiger partial charge in [0.25, 0.3) is 15.0 Å². The molecule has 2 unspecified atom stereocenters. The van der Waals surface area contributed by atoms with Gasteiger partial charge in [-0.15, -0.1) is 0 Å². The minimum atomic E-state index is -3.81. The second-order valence-corrected chi connectivity index (χ2v) is 8.32. The van der Waals surface area contributed by atoms with Crippen LogP contribution in [-0.4, -0.2) is 20.4 Å². The highest BCUT2D eigenvalue weighted by Crippen LogP contribution is 2.23. The van der Waals surface area contributed by atoms with Gasteiger partial charge in [0.2, 0.25) is 0 Å². The molecule has 1 amide bonds. The van der Waals surface area contributed by atoms with Crippen LogP contribution in [0, 0.1) is 5.92 Å². The molecule has 0 saturated heterocycles. The third kappa shape index (κ3) is 4.71. The highest BCUT2D eigenvalue weighted by Gasteiger charge is 2.19. The van der Waals surface area contributed by atoms with Gasteiger partial charge in [-0.3, -0.25) is 4.79 Å². The van der Waals surface area contributed by atoms with Crippen LogP contribution in [0.25, 0.3) is 0 Å². The first kappa shape index (κ1) is 16.3. The lowest BCUT2D eigenvalue weighted by atomic mass is 10.0. The number of halogens is 1. The standard InChI is InChI=1S/C15H20ClNO3S/c1-11-4-2-6-13(9-8-11)17-15(18)12-5-3-7-14(10-12)21(16,19)20/h3,5,7,10-11,13H,2,4,6,8-9H2,1H3,(H,17,18). The fourth-order valence-corrected chi connectivity index (χ4v) is 3.49. The Hall–Kier alpha value is -1.07. The average molecular weight is 330 g/mol. The SMILES string of the molecule is CC1CCCC(NC(=O)c2cccc(S(=O)(=O)Cl)c2)CC1. The lowest BCUT2D eigenvalue weighted by Gasteiger charge is -2.16. The molecule has 0 spiro atoms. The zero-order chi connectivity index (χ0) is 15.5. The van der Waals surface area contributed by atoms with Crippen LogP contribution in [0.2, 0.25) is 0 Å². The predicted molar refractivity (Wildman–Crippen MR) is 83.0 cm³/mol. The van der Waals surface area contributed by atoms with Crippen molar-refractivity contribution in [2.75, 3.05) is 0 Å². The second-order valence-electron chi connectivity index (χ2n) is 5.75. The minimum Gasteiger partial charge on any atom is -0.349 e. The van der Waals surface area contributed by atoms with Gasteiger partial charge in [-0.05, 0) is 43.4 Å². The Morgan fingerprint density at radius 2 is 2.00 bits per heavy atom. The third-order valence-corrected chi connectivity index (χ3v) is 5.32. The smallest absolute Gasteiger partial charge is 0.261 e. The van der Waals surface area contributed by atoms with Crippen molar-refractivity contribution < 1.29 is 13.2 Å². The van der Waals surface area contributed by atoms with E-state index in [0.717, 1.165) is 25.7 Å². The molecule has 4 nitrogen and oxygen atoms in total. The van der Waals surface area contributed by atoms with Crippen molar-refractivity contribution in [2.45, 2.75) is 50.0 Å². The van der Waals surface area contributed by atoms with Crippen molar-refractivity contribution >= 4 is 25.6 Å². The van der Waals surface area contributed by atoms with E-state index in [1.54, 1.807) is 6.07 Å². The quantitative estimate of drug-likeness (QED) is 0.683. The minimum absolute atomic E-state index is 0.0497. The Bertz CT molecular complexity index is 615. The van der Waals surface area contributed by atoms with E-state index in [0.29, 0.717) is 11.5 Å². The molecule has 0 aromatic heterocycles. The molecule has 1 aliphatic rings. The van der Waals surface area contributed by atoms with Gasteiger partial charge in [0.15, 0.2) is 0 Å². The van der Waals surface area contributed by atoms with Crippen molar-refractivity contribution in [3.05, 3.63) is 29.8 Å². The predicted octanol–water partition coefficient (Wildman–Crippen LogP) is 3.31. The monoisotopic (exact) mass is 329 g/mol. The largest absolute Gasteiger partial charge is 0.349 e. The van der Waals surface area contributed by atoms with Crippen LogP contribution in [0.1, 0.15) is 49.4 Å². The normalized spacial score (nSPS) is 23.3. The number of rotatable bonds is 3. The van der Waals surface area contributed by atoms with Crippen molar-refractivity contribution in [2.24, 2.45) is 5.92 Å². The van der Waals surface area contributed by atoms with E-state index in [1.165, 1.54) is 24.6 Å². The maximum absolute atomic E-state index is 12.2. The zero-order valence-corrected chi connectivity index (χ0v) is 13.6. The van der Waals surface area contributed by atoms with Gasteiger partial charge in [0, 0.05) is 22.3 Å². The molecule has 116 valence electrons. The molecule has 1 aliphatic carbocycles. The molecular formula is C15H20ClNO3S. The average Bonchev–Trinajstić information content (AvgIpc) is 2.63. The molecule has 1 N–H and O–H groups in total. The van der Waals surface area contributed by atoms with E-state index >= 15 is 0 Å². The van der Waals surface area contributed by atoms with Crippen LogP contribution >= 0.6 is 10.7 Å². The maximum Gasteiger partial charge on any atom is 0.261 e. The zero-order valence-electron chi connectivity index (χ0n) is 12.0. The lowest BCUT2D eigenvalue weighted by Crippen LogP contribution is -2.34. The topological polar surface area (TPSA) is 63.2 Å². The van der Waals surface area contributed by atoms with Crippen LogP contribution < -0.4 is 5.32 Å². The number of carbonyl (C=O) groups is 1. The van der Waals surface area contributed by atoms with E-state index in [4.69, 9.17) is 10.7 Å². The molecule has 0 radical (unpaired) electrons. The maximum atomic E-state index is 12.2. The molecular weight excluding hydrogens is 310 g/mol. The summed E-state index contributed by atoms with van der Waals surface area (Å²) in [6.45, 7) is 2.24. The Balaban J connectivity index is 2.06. The fraction of sp³-hybridized carbons (Fsp3) is 0.533. The molecule has 1 aromatic rings. The summed E-state index contributed by atoms with van der Waals surface area (Å²) in [5, 5.41) is 3.00. The molecule has 0 aliphatic heterocycles. The molecule has 0 heterocycles. The van der Waals surface area contributed by atoms with E-state index in [9.17, 15) is 13.2 Å². The molecule has 1 fully saturated rings. The molecule has 1 saturated carbocycles. The number of amides is 1. The Labute approximate surface area is 130 Å². The number of carbonyl (C=O) groups excluding carboxylic acids is 1. The summed E-state index contributed by atoms with van der Waals surface area (Å²) in [6.07, 6.45) is 5.37. The summed E-state index contributed by atoms with van der Waals surface area (Å²) in [4.78, 5) is 12.2. The van der Waals surface area contributed by atoms with Gasteiger partial charge in [0.05, 0.1) is 4.90 Å². The Kier molecular flexibility index (Phi) is 5.27. The van der Waals surface area contributed by atoms with E-state index in [-0.39, 0.29) is 16.8 Å². The molecule has 2 rings (SSSR count). The van der Waals surface area contributed by atoms with Crippen LogP contribution in [0.5, 0.6) is 0 Å². The van der Waals surface area contributed by atoms with Gasteiger partial charge < -0.3 is 5.32 Å². The van der Waals surface area contributed by atoms with Crippen molar-refractivity contribution in [1.82, 2.24) is 5.32 Å². The number of hydrogen-bond donors (Lipinski definition) is 1. The lowest BCUT2D eigenvalue weighted by molar-refractivity contribution is 0.0933. The fourth-order valence-electron chi connectivity index (χ4n) is 2.69. The summed E-state index contributed by atoms with van der Waals surface area (Å²) in [6, 6.07) is 5.99. The number of benzene rings is 1. The van der Waals surface area contributed by atoms with E-state index in [2.05, 4.69) is 12.2 Å². The van der Waals surface area contributed by atoms with Crippen LogP contribution in [0.15, 0.2) is 29.2 Å². The summed E-state index contributed by atoms with van der Waals surface area (Å²) >= 11 is 0. The molecule has 6 heteroatoms. The summed E-state index contributed by atoms with van der Waals surface area (Å²) in [7, 11) is 1.49. The van der Waals surface area contributed by atoms with Crippen molar-refractivity contribution in [3.63, 3.8) is 0 Å².